The minimum absolute atomic E-state index is 0.0494. The Kier molecular flexibility index (Phi) is 41.6. The lowest BCUT2D eigenvalue weighted by Gasteiger charge is -2.18. The van der Waals surface area contributed by atoms with Crippen molar-refractivity contribution >= 4 is 85.8 Å². The number of alkyl halides is 1. The van der Waals surface area contributed by atoms with Crippen LogP contribution in [0.1, 0.15) is 74.5 Å². The molecule has 73 heavy (non-hydrogen) atoms. The van der Waals surface area contributed by atoms with Crippen LogP contribution in [0.4, 0.5) is 0 Å². The second-order valence-electron chi connectivity index (χ2n) is 16.4. The minimum Gasteiger partial charge on any atom is -0.481 e. The maximum atomic E-state index is 11.9. The van der Waals surface area contributed by atoms with Gasteiger partial charge in [0.1, 0.15) is 0 Å². The van der Waals surface area contributed by atoms with Gasteiger partial charge in [0.05, 0.1) is 19.3 Å². The molecule has 0 fully saturated rings. The zero-order valence-corrected chi connectivity index (χ0v) is 48.4. The van der Waals surface area contributed by atoms with E-state index in [1.807, 2.05) is 45.4 Å². The van der Waals surface area contributed by atoms with Crippen LogP contribution in [0.5, 0.6) is 0 Å². The lowest BCUT2D eigenvalue weighted by Crippen LogP contribution is -2.29. The molecular formula is C57H76Br3N6O6P. The number of benzene rings is 3. The van der Waals surface area contributed by atoms with Crippen molar-refractivity contribution in [1.29, 1.82) is 0 Å². The molecular weight excluding hydrogens is 1140 g/mol. The average Bonchev–Trinajstić information content (AvgIpc) is 3.43. The molecule has 12 nitrogen and oxygen atoms in total. The Morgan fingerprint density at radius 3 is 1.18 bits per heavy atom. The first-order valence-corrected chi connectivity index (χ1v) is 30.7. The standard InChI is InChI=1S/C18H15P.C13H19BrN2O.C13H20N2O2.C7H7NO2.C6H15NO.Br2/c1-4-10-16(11-5-1)19(17-12-6-2-7-13-17)18-14-8-3-9-15-18;1-16(9-4-2-3-7-14)13(17)10-12-6-5-8-15-11-12;1-15(8-3-2-4-9-16)13(17)10-12-6-5-7-14-11-12;9-7(10)4-6-2-1-3-8-5-6;1-7-5-3-2-4-6-8;1-2/h1-15H;5-6,8,11H,2-4,7,9-10H2,1H3;5-7,11,16H,2-4,8-10H2,1H3;1-3,5H,4H2,(H,9,10);7-8H,2-6H2,1H3;. The number of pyridine rings is 3. The normalized spacial score (nSPS) is 9.93. The number of carboxylic acid groups (broad SMARTS) is 1. The number of rotatable bonds is 24. The molecule has 0 radical (unpaired) electrons. The molecule has 0 atom stereocenters. The van der Waals surface area contributed by atoms with Crippen LogP contribution in [0.2, 0.25) is 0 Å². The molecule has 0 saturated carbocycles. The smallest absolute Gasteiger partial charge is 0.307 e. The number of halogens is 3. The molecule has 0 saturated heterocycles. The number of hydrogen-bond acceptors (Lipinski definition) is 9. The van der Waals surface area contributed by atoms with Crippen LogP contribution in [-0.4, -0.2) is 117 Å². The molecule has 3 aromatic heterocycles. The molecule has 396 valence electrons. The Balaban J connectivity index is 0.000000466. The molecule has 0 aliphatic carbocycles. The van der Waals surface area contributed by atoms with Gasteiger partial charge in [-0.25, -0.2) is 0 Å². The molecule has 3 aromatic carbocycles. The third-order valence-electron chi connectivity index (χ3n) is 10.5. The number of aliphatic carboxylic acids is 1. The van der Waals surface area contributed by atoms with Crippen LogP contribution < -0.4 is 21.2 Å². The molecule has 0 unspecified atom stereocenters. The van der Waals surface area contributed by atoms with Gasteiger partial charge in [0.25, 0.3) is 0 Å². The molecule has 0 spiro atoms. The van der Waals surface area contributed by atoms with Crippen LogP contribution in [0.25, 0.3) is 0 Å². The third-order valence-corrected chi connectivity index (χ3v) is 13.5. The highest BCUT2D eigenvalue weighted by Gasteiger charge is 2.15. The van der Waals surface area contributed by atoms with Gasteiger partial charge >= 0.3 is 5.97 Å². The average molecular weight is 1210 g/mol. The summed E-state index contributed by atoms with van der Waals surface area (Å²) in [7, 11) is 5.18. The maximum absolute atomic E-state index is 11.9. The van der Waals surface area contributed by atoms with E-state index in [9.17, 15) is 14.4 Å². The lowest BCUT2D eigenvalue weighted by molar-refractivity contribution is -0.136. The Hall–Kier alpha value is -4.73. The lowest BCUT2D eigenvalue weighted by atomic mass is 10.2. The van der Waals surface area contributed by atoms with E-state index in [1.54, 1.807) is 59.1 Å². The monoisotopic (exact) mass is 1210 g/mol. The van der Waals surface area contributed by atoms with Gasteiger partial charge in [0.2, 0.25) is 11.8 Å². The Labute approximate surface area is 460 Å². The van der Waals surface area contributed by atoms with Crippen molar-refractivity contribution in [3.8, 4) is 0 Å². The molecule has 2 amide bonds. The first-order chi connectivity index (χ1) is 35.6. The predicted molar refractivity (Wildman–Crippen MR) is 313 cm³/mol. The minimum atomic E-state index is -0.826. The van der Waals surface area contributed by atoms with Crippen molar-refractivity contribution in [3.05, 3.63) is 181 Å². The molecule has 6 aromatic rings. The molecule has 16 heteroatoms. The number of aliphatic hydroxyl groups is 2. The van der Waals surface area contributed by atoms with Crippen molar-refractivity contribution in [2.45, 2.75) is 77.0 Å². The summed E-state index contributed by atoms with van der Waals surface area (Å²) in [5.41, 5.74) is 2.65. The van der Waals surface area contributed by atoms with Gasteiger partial charge in [-0.15, -0.1) is 0 Å². The molecule has 4 N–H and O–H groups in total. The maximum Gasteiger partial charge on any atom is 0.307 e. The van der Waals surface area contributed by atoms with Crippen LogP contribution >= 0.6 is 52.1 Å². The molecule has 3 heterocycles. The summed E-state index contributed by atoms with van der Waals surface area (Å²) in [6.45, 7) is 3.22. The molecule has 6 rings (SSSR count). The van der Waals surface area contributed by atoms with Crippen molar-refractivity contribution < 1.29 is 29.7 Å². The van der Waals surface area contributed by atoms with Gasteiger partial charge < -0.3 is 30.4 Å². The SMILES string of the molecule is BrBr.CN(CCCCCBr)C(=O)Cc1cccnc1.CN(CCCCCO)C(=O)Cc1cccnc1.CNCCCCCO.O=C(O)Cc1cccnc1.c1ccc(P(c2ccccc2)c2ccccc2)cc1. The first kappa shape index (κ1) is 66.3. The fourth-order valence-electron chi connectivity index (χ4n) is 6.58. The Morgan fingerprint density at radius 2 is 0.863 bits per heavy atom. The van der Waals surface area contributed by atoms with Gasteiger partial charge in [0.15, 0.2) is 0 Å². The molecule has 0 bridgehead atoms. The summed E-state index contributed by atoms with van der Waals surface area (Å²) in [4.78, 5) is 49.1. The number of amides is 2. The van der Waals surface area contributed by atoms with E-state index in [0.29, 0.717) is 19.4 Å². The van der Waals surface area contributed by atoms with Crippen molar-refractivity contribution in [2.24, 2.45) is 0 Å². The number of unbranched alkanes of at least 4 members (excludes halogenated alkanes) is 6. The largest absolute Gasteiger partial charge is 0.481 e. The van der Waals surface area contributed by atoms with Crippen LogP contribution in [-0.2, 0) is 33.6 Å². The summed E-state index contributed by atoms with van der Waals surface area (Å²) in [6.07, 6.45) is 20.3. The zero-order chi connectivity index (χ0) is 53.6. The number of aromatic nitrogens is 3. The molecule has 0 aliphatic rings. The number of carbonyl (C=O) groups is 3. The number of hydrogen-bond donors (Lipinski definition) is 4. The Morgan fingerprint density at radius 1 is 0.507 bits per heavy atom. The van der Waals surface area contributed by atoms with Gasteiger partial charge in [-0.05, 0) is 124 Å². The van der Waals surface area contributed by atoms with Gasteiger partial charge in [-0.3, -0.25) is 29.3 Å². The number of nitrogens with one attached hydrogen (secondary N) is 1. The van der Waals surface area contributed by atoms with Crippen molar-refractivity contribution in [1.82, 2.24) is 30.1 Å². The van der Waals surface area contributed by atoms with E-state index < -0.39 is 13.9 Å². The second-order valence-corrected chi connectivity index (χ2v) is 19.4. The van der Waals surface area contributed by atoms with Gasteiger partial charge in [-0.1, -0.05) is 132 Å². The quantitative estimate of drug-likeness (QED) is 0.0260. The van der Waals surface area contributed by atoms with Gasteiger partial charge in [0, 0.05) is 111 Å². The van der Waals surface area contributed by atoms with E-state index in [0.717, 1.165) is 86.6 Å². The highest BCUT2D eigenvalue weighted by molar-refractivity contribution is 9.93. The zero-order valence-electron chi connectivity index (χ0n) is 42.7. The predicted octanol–water partition coefficient (Wildman–Crippen LogP) is 10.1. The van der Waals surface area contributed by atoms with E-state index in [2.05, 4.69) is 155 Å². The van der Waals surface area contributed by atoms with Gasteiger partial charge in [-0.2, -0.15) is 0 Å². The second kappa shape index (κ2) is 45.9. The summed E-state index contributed by atoms with van der Waals surface area (Å²) < 4.78 is 0. The van der Waals surface area contributed by atoms with E-state index >= 15 is 0 Å². The summed E-state index contributed by atoms with van der Waals surface area (Å²) >= 11 is 8.90. The fraction of sp³-hybridized carbons (Fsp3) is 0.368. The third kappa shape index (κ3) is 33.7. The molecule has 0 aliphatic heterocycles. The summed E-state index contributed by atoms with van der Waals surface area (Å²) in [5, 5.41) is 33.6. The number of nitrogens with zero attached hydrogens (tertiary/aromatic N) is 5. The first-order valence-electron chi connectivity index (χ1n) is 24.5. The Bertz CT molecular complexity index is 2050. The van der Waals surface area contributed by atoms with E-state index in [4.69, 9.17) is 15.3 Å². The van der Waals surface area contributed by atoms with Crippen molar-refractivity contribution in [3.63, 3.8) is 0 Å². The topological polar surface area (TPSA) is 169 Å². The fourth-order valence-corrected chi connectivity index (χ4v) is 9.28. The number of aliphatic hydroxyl groups excluding tert-OH is 2. The summed E-state index contributed by atoms with van der Waals surface area (Å²) in [6, 6.07) is 43.3. The van der Waals surface area contributed by atoms with Crippen molar-refractivity contribution in [2.75, 3.05) is 59.3 Å². The summed E-state index contributed by atoms with van der Waals surface area (Å²) in [5.74, 6) is -0.549. The number of carbonyl (C=O) groups excluding carboxylic acids is 2. The van der Waals surface area contributed by atoms with Crippen LogP contribution in [0.3, 0.4) is 0 Å². The highest BCUT2D eigenvalue weighted by atomic mass is 80.9. The highest BCUT2D eigenvalue weighted by Crippen LogP contribution is 2.32. The number of likely N-dealkylation sites (N-methyl/N-ethyl adjacent to an activating group) is 2. The van der Waals surface area contributed by atoms with E-state index in [-0.39, 0.29) is 24.8 Å². The van der Waals surface area contributed by atoms with E-state index in [1.165, 1.54) is 28.8 Å². The number of carboxylic acids is 1. The van der Waals surface area contributed by atoms with Crippen LogP contribution in [0.15, 0.2) is 165 Å². The van der Waals surface area contributed by atoms with Crippen LogP contribution in [0, 0.1) is 0 Å².